The van der Waals surface area contributed by atoms with Gasteiger partial charge in [-0.25, -0.2) is 0 Å². The molecule has 0 saturated heterocycles. The monoisotopic (exact) mass is 249 g/mol. The standard InChI is InChI=1S/C14H10F3N/c15-14(16,17)10-18-13-9-5-4-8-12(13)11-6-2-1-3-7-11/h1-10H. The number of para-hydroxylation sites is 1. The van der Waals surface area contributed by atoms with E-state index in [0.717, 1.165) is 5.56 Å². The summed E-state index contributed by atoms with van der Waals surface area (Å²) in [6, 6.07) is 15.9. The molecule has 4 heteroatoms. The number of alkyl halides is 3. The summed E-state index contributed by atoms with van der Waals surface area (Å²) in [7, 11) is 0. The Morgan fingerprint density at radius 1 is 0.833 bits per heavy atom. The van der Waals surface area contributed by atoms with Gasteiger partial charge in [0.15, 0.2) is 0 Å². The molecule has 0 bridgehead atoms. The van der Waals surface area contributed by atoms with E-state index in [4.69, 9.17) is 0 Å². The molecule has 0 heterocycles. The van der Waals surface area contributed by atoms with E-state index in [9.17, 15) is 13.2 Å². The predicted molar refractivity (Wildman–Crippen MR) is 66.1 cm³/mol. The normalized spacial score (nSPS) is 11.9. The highest BCUT2D eigenvalue weighted by Gasteiger charge is 2.23. The van der Waals surface area contributed by atoms with Crippen molar-refractivity contribution in [2.24, 2.45) is 4.99 Å². The molecular weight excluding hydrogens is 239 g/mol. The molecule has 0 aliphatic carbocycles. The Balaban J connectivity index is 2.41. The van der Waals surface area contributed by atoms with E-state index >= 15 is 0 Å². The predicted octanol–water partition coefficient (Wildman–Crippen LogP) is 4.62. The van der Waals surface area contributed by atoms with Gasteiger partial charge >= 0.3 is 6.18 Å². The molecule has 0 aromatic heterocycles. The zero-order valence-corrected chi connectivity index (χ0v) is 9.35. The Labute approximate surface area is 103 Å². The van der Waals surface area contributed by atoms with Crippen LogP contribution in [0.2, 0.25) is 0 Å². The van der Waals surface area contributed by atoms with Crippen molar-refractivity contribution in [1.29, 1.82) is 0 Å². The van der Waals surface area contributed by atoms with E-state index in [2.05, 4.69) is 4.99 Å². The molecule has 0 amide bonds. The summed E-state index contributed by atoms with van der Waals surface area (Å²) in [6.07, 6.45) is -4.39. The molecular formula is C14H10F3N. The topological polar surface area (TPSA) is 12.4 Å². The van der Waals surface area contributed by atoms with Crippen molar-refractivity contribution in [3.63, 3.8) is 0 Å². The van der Waals surface area contributed by atoms with E-state index < -0.39 is 6.18 Å². The molecule has 0 aliphatic rings. The number of benzene rings is 2. The van der Waals surface area contributed by atoms with Gasteiger partial charge in [-0.2, -0.15) is 13.2 Å². The Bertz CT molecular complexity index is 544. The SMILES string of the molecule is FC(F)(F)C=Nc1ccccc1-c1ccccc1. The summed E-state index contributed by atoms with van der Waals surface area (Å²) in [5.41, 5.74) is 1.83. The van der Waals surface area contributed by atoms with Crippen molar-refractivity contribution in [2.45, 2.75) is 6.18 Å². The first-order valence-corrected chi connectivity index (χ1v) is 5.33. The van der Waals surface area contributed by atoms with E-state index in [1.54, 1.807) is 24.3 Å². The number of hydrogen-bond acceptors (Lipinski definition) is 1. The molecule has 0 aliphatic heterocycles. The minimum atomic E-state index is -4.40. The van der Waals surface area contributed by atoms with Crippen LogP contribution in [0.1, 0.15) is 0 Å². The van der Waals surface area contributed by atoms with E-state index in [-0.39, 0.29) is 6.21 Å². The van der Waals surface area contributed by atoms with E-state index in [1.165, 1.54) is 0 Å². The van der Waals surface area contributed by atoms with Gasteiger partial charge in [0.25, 0.3) is 0 Å². The number of rotatable bonds is 2. The van der Waals surface area contributed by atoms with Gasteiger partial charge in [0.1, 0.15) is 6.21 Å². The number of aliphatic imine (C=N–C) groups is 1. The lowest BCUT2D eigenvalue weighted by molar-refractivity contribution is -0.0535. The summed E-state index contributed by atoms with van der Waals surface area (Å²) in [5.74, 6) is 0. The lowest BCUT2D eigenvalue weighted by Crippen LogP contribution is -2.07. The number of hydrogen-bond donors (Lipinski definition) is 0. The summed E-state index contributed by atoms with van der Waals surface area (Å²) in [6.45, 7) is 0. The second kappa shape index (κ2) is 5.04. The fourth-order valence-electron chi connectivity index (χ4n) is 1.59. The van der Waals surface area contributed by atoms with Crippen LogP contribution in [0.4, 0.5) is 18.9 Å². The third-order valence-electron chi connectivity index (χ3n) is 2.34. The van der Waals surface area contributed by atoms with Gasteiger partial charge in [-0.15, -0.1) is 0 Å². The molecule has 0 unspecified atom stereocenters. The first-order valence-electron chi connectivity index (χ1n) is 5.33. The van der Waals surface area contributed by atoms with Gasteiger partial charge in [0.2, 0.25) is 0 Å². The molecule has 1 nitrogen and oxygen atoms in total. The van der Waals surface area contributed by atoms with Crippen LogP contribution in [0, 0.1) is 0 Å². The van der Waals surface area contributed by atoms with Crippen molar-refractivity contribution in [3.8, 4) is 11.1 Å². The maximum atomic E-state index is 12.1. The van der Waals surface area contributed by atoms with Gasteiger partial charge in [0, 0.05) is 5.56 Å². The van der Waals surface area contributed by atoms with Crippen molar-refractivity contribution in [3.05, 3.63) is 54.6 Å². The Hall–Kier alpha value is -2.10. The van der Waals surface area contributed by atoms with E-state index in [0.29, 0.717) is 11.3 Å². The minimum absolute atomic E-state index is 0.00870. The fraction of sp³-hybridized carbons (Fsp3) is 0.0714. The Morgan fingerprint density at radius 3 is 2.11 bits per heavy atom. The van der Waals surface area contributed by atoms with Crippen LogP contribution >= 0.6 is 0 Å². The molecule has 0 fully saturated rings. The van der Waals surface area contributed by atoms with Crippen LogP contribution in [0.25, 0.3) is 11.1 Å². The highest BCUT2D eigenvalue weighted by Crippen LogP contribution is 2.30. The maximum absolute atomic E-state index is 12.1. The van der Waals surface area contributed by atoms with Crippen LogP contribution in [0.5, 0.6) is 0 Å². The summed E-state index contributed by atoms with van der Waals surface area (Å²) in [4.78, 5) is 3.50. The van der Waals surface area contributed by atoms with Crippen LogP contribution in [-0.2, 0) is 0 Å². The van der Waals surface area contributed by atoms with Gasteiger partial charge in [-0.1, -0.05) is 48.5 Å². The van der Waals surface area contributed by atoms with Crippen LogP contribution < -0.4 is 0 Å². The molecule has 2 aromatic carbocycles. The largest absolute Gasteiger partial charge is 0.426 e. The lowest BCUT2D eigenvalue weighted by Gasteiger charge is -2.05. The quantitative estimate of drug-likeness (QED) is 0.689. The van der Waals surface area contributed by atoms with Crippen LogP contribution in [0.3, 0.4) is 0 Å². The molecule has 0 atom stereocenters. The molecule has 2 aromatic rings. The Kier molecular flexibility index (Phi) is 3.46. The van der Waals surface area contributed by atoms with Gasteiger partial charge in [-0.3, -0.25) is 4.99 Å². The first-order chi connectivity index (χ1) is 8.56. The summed E-state index contributed by atoms with van der Waals surface area (Å²) < 4.78 is 36.4. The van der Waals surface area contributed by atoms with Crippen molar-refractivity contribution < 1.29 is 13.2 Å². The number of halogens is 3. The average Bonchev–Trinajstić information content (AvgIpc) is 2.37. The smallest absolute Gasteiger partial charge is 0.251 e. The minimum Gasteiger partial charge on any atom is -0.251 e. The average molecular weight is 249 g/mol. The molecule has 18 heavy (non-hydrogen) atoms. The summed E-state index contributed by atoms with van der Waals surface area (Å²) in [5, 5.41) is 0. The zero-order chi connectivity index (χ0) is 13.0. The van der Waals surface area contributed by atoms with Gasteiger partial charge < -0.3 is 0 Å². The Morgan fingerprint density at radius 2 is 1.44 bits per heavy atom. The molecule has 2 rings (SSSR count). The first kappa shape index (κ1) is 12.4. The van der Waals surface area contributed by atoms with Crippen molar-refractivity contribution in [2.75, 3.05) is 0 Å². The molecule has 0 spiro atoms. The van der Waals surface area contributed by atoms with Crippen molar-refractivity contribution in [1.82, 2.24) is 0 Å². The van der Waals surface area contributed by atoms with Crippen LogP contribution in [0.15, 0.2) is 59.6 Å². The lowest BCUT2D eigenvalue weighted by atomic mass is 10.0. The maximum Gasteiger partial charge on any atom is 0.426 e. The third kappa shape index (κ3) is 3.20. The van der Waals surface area contributed by atoms with Gasteiger partial charge in [0.05, 0.1) is 5.69 Å². The molecule has 0 N–H and O–H groups in total. The molecule has 0 radical (unpaired) electrons. The third-order valence-corrected chi connectivity index (χ3v) is 2.34. The van der Waals surface area contributed by atoms with Crippen molar-refractivity contribution >= 4 is 11.9 Å². The summed E-state index contributed by atoms with van der Waals surface area (Å²) >= 11 is 0. The zero-order valence-electron chi connectivity index (χ0n) is 9.35. The molecule has 0 saturated carbocycles. The highest BCUT2D eigenvalue weighted by atomic mass is 19.4. The number of nitrogens with zero attached hydrogens (tertiary/aromatic N) is 1. The molecule has 92 valence electrons. The fourth-order valence-corrected chi connectivity index (χ4v) is 1.59. The van der Waals surface area contributed by atoms with Gasteiger partial charge in [-0.05, 0) is 11.6 Å². The second-order valence-corrected chi connectivity index (χ2v) is 3.68. The second-order valence-electron chi connectivity index (χ2n) is 3.68. The highest BCUT2D eigenvalue weighted by molar-refractivity contribution is 5.79. The van der Waals surface area contributed by atoms with Crippen LogP contribution in [-0.4, -0.2) is 12.4 Å². The van der Waals surface area contributed by atoms with E-state index in [1.807, 2.05) is 30.3 Å².